The highest BCUT2D eigenvalue weighted by atomic mass is 32.1. The van der Waals surface area contributed by atoms with Crippen LogP contribution in [0.5, 0.6) is 0 Å². The molecule has 0 aliphatic rings. The van der Waals surface area contributed by atoms with E-state index in [1.54, 1.807) is 0 Å². The summed E-state index contributed by atoms with van der Waals surface area (Å²) in [6, 6.07) is 4.05. The predicted octanol–water partition coefficient (Wildman–Crippen LogP) is 1.63. The maximum absolute atomic E-state index is 12.6. The van der Waals surface area contributed by atoms with Crippen molar-refractivity contribution in [3.8, 4) is 11.4 Å². The fourth-order valence-electron chi connectivity index (χ4n) is 1.14. The van der Waals surface area contributed by atoms with Gasteiger partial charge in [0.05, 0.1) is 17.6 Å². The highest BCUT2D eigenvalue weighted by Crippen LogP contribution is 2.11. The number of nitrogens with one attached hydrogen (secondary N) is 2. The molecule has 0 atom stereocenters. The van der Waals surface area contributed by atoms with E-state index in [1.807, 2.05) is 0 Å². The van der Waals surface area contributed by atoms with E-state index in [0.29, 0.717) is 11.4 Å². The zero-order chi connectivity index (χ0) is 10.8. The largest absolute Gasteiger partial charge is 0.330 e. The number of rotatable bonds is 1. The average molecular weight is 223 g/mol. The predicted molar refractivity (Wildman–Crippen MR) is 55.4 cm³/mol. The summed E-state index contributed by atoms with van der Waals surface area (Å²) in [7, 11) is 0. The number of H-pyrrole nitrogens is 2. The first kappa shape index (κ1) is 9.72. The van der Waals surface area contributed by atoms with Gasteiger partial charge in [-0.3, -0.25) is 14.8 Å². The van der Waals surface area contributed by atoms with Crippen LogP contribution in [0.25, 0.3) is 11.4 Å². The van der Waals surface area contributed by atoms with E-state index in [1.165, 1.54) is 18.2 Å². The first-order valence-electron chi connectivity index (χ1n) is 4.11. The fourth-order valence-corrected chi connectivity index (χ4v) is 1.35. The maximum Gasteiger partial charge on any atom is 0.252 e. The van der Waals surface area contributed by atoms with Crippen LogP contribution in [0.1, 0.15) is 0 Å². The molecule has 2 heterocycles. The number of nitrogens with zero attached hydrogens (tertiary/aromatic N) is 1. The quantitative estimate of drug-likeness (QED) is 0.722. The molecule has 0 aliphatic heterocycles. The van der Waals surface area contributed by atoms with Gasteiger partial charge in [0, 0.05) is 6.07 Å². The van der Waals surface area contributed by atoms with Crippen LogP contribution in [0.15, 0.2) is 29.2 Å². The Kier molecular flexibility index (Phi) is 2.42. The van der Waals surface area contributed by atoms with Crippen LogP contribution in [-0.2, 0) is 0 Å². The number of hydrogen-bond donors (Lipinski definition) is 2. The van der Waals surface area contributed by atoms with Crippen LogP contribution >= 0.6 is 12.2 Å². The van der Waals surface area contributed by atoms with Crippen LogP contribution in [0.4, 0.5) is 4.39 Å². The molecule has 0 amide bonds. The van der Waals surface area contributed by atoms with Crippen molar-refractivity contribution in [3.63, 3.8) is 0 Å². The van der Waals surface area contributed by atoms with Gasteiger partial charge in [0.15, 0.2) is 4.77 Å². The molecule has 0 unspecified atom stereocenters. The minimum absolute atomic E-state index is 0.212. The maximum atomic E-state index is 12.6. The van der Waals surface area contributed by atoms with E-state index in [2.05, 4.69) is 15.0 Å². The van der Waals surface area contributed by atoms with E-state index in [-0.39, 0.29) is 10.3 Å². The molecule has 0 saturated heterocycles. The summed E-state index contributed by atoms with van der Waals surface area (Å²) in [6.07, 6.45) is 1.08. The lowest BCUT2D eigenvalue weighted by molar-refractivity contribution is 0.622. The molecular weight excluding hydrogens is 217 g/mol. The molecule has 2 N–H and O–H groups in total. The summed E-state index contributed by atoms with van der Waals surface area (Å²) < 4.78 is 12.8. The second-order valence-electron chi connectivity index (χ2n) is 2.86. The molecule has 0 radical (unpaired) electrons. The Hall–Kier alpha value is -1.82. The summed E-state index contributed by atoms with van der Waals surface area (Å²) >= 11 is 4.80. The number of pyridine rings is 1. The zero-order valence-electron chi connectivity index (χ0n) is 7.45. The molecule has 2 rings (SSSR count). The van der Waals surface area contributed by atoms with Crippen LogP contribution in [0, 0.1) is 10.6 Å². The monoisotopic (exact) mass is 223 g/mol. The summed E-state index contributed by atoms with van der Waals surface area (Å²) in [5, 5.41) is 0. The van der Waals surface area contributed by atoms with Gasteiger partial charge in [-0.1, -0.05) is 0 Å². The number of hydrogen-bond acceptors (Lipinski definition) is 3. The second kappa shape index (κ2) is 3.74. The molecule has 0 fully saturated rings. The van der Waals surface area contributed by atoms with Gasteiger partial charge >= 0.3 is 0 Å². The lowest BCUT2D eigenvalue weighted by atomic mass is 10.2. The third kappa shape index (κ3) is 2.16. The summed E-state index contributed by atoms with van der Waals surface area (Å²) in [5.41, 5.74) is 0.609. The van der Waals surface area contributed by atoms with Crippen LogP contribution in [-0.4, -0.2) is 15.0 Å². The number of aromatic nitrogens is 3. The second-order valence-corrected chi connectivity index (χ2v) is 3.27. The Bertz CT molecular complexity index is 559. The van der Waals surface area contributed by atoms with E-state index in [0.717, 1.165) is 6.20 Å². The molecular formula is C9H6FN3OS. The van der Waals surface area contributed by atoms with Gasteiger partial charge in [-0.05, 0) is 24.4 Å². The summed E-state index contributed by atoms with van der Waals surface area (Å²) in [4.78, 5) is 20.1. The summed E-state index contributed by atoms with van der Waals surface area (Å²) in [5.74, 6) is -0.429. The van der Waals surface area contributed by atoms with Gasteiger partial charge < -0.3 is 4.98 Å². The molecule has 0 aromatic carbocycles. The molecule has 6 heteroatoms. The average Bonchev–Trinajstić information content (AvgIpc) is 2.17. The topological polar surface area (TPSA) is 61.5 Å². The lowest BCUT2D eigenvalue weighted by Gasteiger charge is -1.99. The van der Waals surface area contributed by atoms with E-state index < -0.39 is 5.82 Å². The molecule has 2 aromatic heterocycles. The van der Waals surface area contributed by atoms with Crippen molar-refractivity contribution in [3.05, 3.63) is 45.3 Å². The van der Waals surface area contributed by atoms with Gasteiger partial charge in [0.25, 0.3) is 5.56 Å². The molecule has 0 bridgehead atoms. The van der Waals surface area contributed by atoms with Crippen molar-refractivity contribution in [2.45, 2.75) is 0 Å². The normalized spacial score (nSPS) is 10.2. The molecule has 0 saturated carbocycles. The SMILES string of the molecule is O=c1cc(-c2ccc(F)cn2)[nH]c(=S)[nH]1. The molecule has 4 nitrogen and oxygen atoms in total. The molecule has 15 heavy (non-hydrogen) atoms. The standard InChI is InChI=1S/C9H6FN3OS/c10-5-1-2-6(11-4-5)7-3-8(14)13-9(15)12-7/h1-4H,(H2,12,13,14,15). The highest BCUT2D eigenvalue weighted by molar-refractivity contribution is 7.71. The Balaban J connectivity index is 2.59. The lowest BCUT2D eigenvalue weighted by Crippen LogP contribution is -2.06. The molecule has 76 valence electrons. The Morgan fingerprint density at radius 2 is 2.13 bits per heavy atom. The van der Waals surface area contributed by atoms with E-state index >= 15 is 0 Å². The van der Waals surface area contributed by atoms with Gasteiger partial charge in [-0.25, -0.2) is 4.39 Å². The Morgan fingerprint density at radius 3 is 2.73 bits per heavy atom. The Labute approximate surface area is 88.8 Å². The Morgan fingerprint density at radius 1 is 1.33 bits per heavy atom. The first-order valence-corrected chi connectivity index (χ1v) is 4.51. The van der Waals surface area contributed by atoms with Crippen LogP contribution in [0.3, 0.4) is 0 Å². The van der Waals surface area contributed by atoms with Gasteiger partial charge in [-0.2, -0.15) is 0 Å². The van der Waals surface area contributed by atoms with Crippen molar-refractivity contribution in [1.29, 1.82) is 0 Å². The van der Waals surface area contributed by atoms with E-state index in [9.17, 15) is 9.18 Å². The first-order chi connectivity index (χ1) is 7.15. The van der Waals surface area contributed by atoms with Crippen molar-refractivity contribution in [2.24, 2.45) is 0 Å². The number of halogens is 1. The highest BCUT2D eigenvalue weighted by Gasteiger charge is 2.00. The van der Waals surface area contributed by atoms with E-state index in [4.69, 9.17) is 12.2 Å². The van der Waals surface area contributed by atoms with Gasteiger partial charge in [-0.15, -0.1) is 0 Å². The minimum Gasteiger partial charge on any atom is -0.330 e. The molecule has 0 aliphatic carbocycles. The zero-order valence-corrected chi connectivity index (χ0v) is 8.27. The van der Waals surface area contributed by atoms with Crippen molar-refractivity contribution in [1.82, 2.24) is 15.0 Å². The van der Waals surface area contributed by atoms with Gasteiger partial charge in [0.2, 0.25) is 0 Å². The van der Waals surface area contributed by atoms with Gasteiger partial charge in [0.1, 0.15) is 5.82 Å². The minimum atomic E-state index is -0.429. The molecule has 2 aromatic rings. The third-order valence-corrected chi connectivity index (χ3v) is 1.97. The van der Waals surface area contributed by atoms with Crippen LogP contribution in [0.2, 0.25) is 0 Å². The fraction of sp³-hybridized carbons (Fsp3) is 0. The van der Waals surface area contributed by atoms with Crippen molar-refractivity contribution < 1.29 is 4.39 Å². The number of aromatic amines is 2. The summed E-state index contributed by atoms with van der Waals surface area (Å²) in [6.45, 7) is 0. The van der Waals surface area contributed by atoms with Crippen LogP contribution < -0.4 is 5.56 Å². The third-order valence-electron chi connectivity index (χ3n) is 1.76. The van der Waals surface area contributed by atoms with Crippen molar-refractivity contribution >= 4 is 12.2 Å². The smallest absolute Gasteiger partial charge is 0.252 e. The van der Waals surface area contributed by atoms with Crippen molar-refractivity contribution in [2.75, 3.05) is 0 Å². The molecule has 0 spiro atoms.